The zero-order valence-electron chi connectivity index (χ0n) is 22.4. The van der Waals surface area contributed by atoms with E-state index in [0.717, 1.165) is 18.4 Å². The van der Waals surface area contributed by atoms with E-state index in [4.69, 9.17) is 14.2 Å². The minimum atomic E-state index is -0.522. The van der Waals surface area contributed by atoms with Gasteiger partial charge in [-0.15, -0.1) is 0 Å². The Kier molecular flexibility index (Phi) is 6.95. The van der Waals surface area contributed by atoms with Crippen molar-refractivity contribution in [2.75, 3.05) is 20.8 Å². The summed E-state index contributed by atoms with van der Waals surface area (Å²) in [6.07, 6.45) is 1.34. The first kappa shape index (κ1) is 25.9. The second-order valence-corrected chi connectivity index (χ2v) is 11.1. The van der Waals surface area contributed by atoms with Gasteiger partial charge in [-0.3, -0.25) is 4.79 Å². The summed E-state index contributed by atoms with van der Waals surface area (Å²) in [7, 11) is 3.21. The number of amides is 2. The van der Waals surface area contributed by atoms with E-state index < -0.39 is 5.60 Å². The number of likely N-dealkylation sites (tertiary alicyclic amines) is 1. The molecular weight excluding hydrogens is 456 g/mol. The van der Waals surface area contributed by atoms with Crippen LogP contribution in [0.1, 0.15) is 68.1 Å². The molecule has 2 aromatic rings. The molecule has 1 heterocycles. The summed E-state index contributed by atoms with van der Waals surface area (Å²) in [4.78, 5) is 27.9. The van der Waals surface area contributed by atoms with Gasteiger partial charge in [-0.25, -0.2) is 4.79 Å². The Balaban J connectivity index is 1.53. The van der Waals surface area contributed by atoms with Crippen LogP contribution in [0.3, 0.4) is 0 Å². The highest BCUT2D eigenvalue weighted by Crippen LogP contribution is 2.49. The Morgan fingerprint density at radius 1 is 1.11 bits per heavy atom. The molecule has 4 rings (SSSR count). The number of hydrogen-bond acceptors (Lipinski definition) is 5. The predicted octanol–water partition coefficient (Wildman–Crippen LogP) is 5.09. The van der Waals surface area contributed by atoms with E-state index in [9.17, 15) is 9.59 Å². The molecule has 194 valence electrons. The number of benzene rings is 2. The van der Waals surface area contributed by atoms with Crippen LogP contribution in [-0.2, 0) is 23.1 Å². The van der Waals surface area contributed by atoms with Gasteiger partial charge in [-0.1, -0.05) is 19.9 Å². The number of nitrogens with zero attached hydrogens (tertiary/aromatic N) is 1. The molecule has 1 unspecified atom stereocenters. The van der Waals surface area contributed by atoms with Gasteiger partial charge in [0.25, 0.3) is 5.91 Å². The number of fused-ring (bicyclic) bond motifs is 4. The summed E-state index contributed by atoms with van der Waals surface area (Å²) < 4.78 is 16.4. The third-order valence-electron chi connectivity index (χ3n) is 7.83. The van der Waals surface area contributed by atoms with Gasteiger partial charge in [-0.2, -0.15) is 0 Å². The Morgan fingerprint density at radius 2 is 1.86 bits per heavy atom. The Hall–Kier alpha value is -3.22. The zero-order valence-corrected chi connectivity index (χ0v) is 22.4. The van der Waals surface area contributed by atoms with Crippen molar-refractivity contribution in [1.82, 2.24) is 10.2 Å². The summed E-state index contributed by atoms with van der Waals surface area (Å²) in [5, 5.41) is 3.03. The molecule has 2 bridgehead atoms. The smallest absolute Gasteiger partial charge is 0.410 e. The van der Waals surface area contributed by atoms with Crippen LogP contribution in [0.25, 0.3) is 0 Å². The molecule has 36 heavy (non-hydrogen) atoms. The number of nitrogens with one attached hydrogen (secondary N) is 1. The van der Waals surface area contributed by atoms with E-state index >= 15 is 0 Å². The van der Waals surface area contributed by atoms with Crippen LogP contribution < -0.4 is 14.8 Å². The molecule has 1 saturated heterocycles. The lowest BCUT2D eigenvalue weighted by molar-refractivity contribution is -0.0164. The van der Waals surface area contributed by atoms with Crippen molar-refractivity contribution in [2.24, 2.45) is 5.92 Å². The molecule has 2 aliphatic rings. The largest absolute Gasteiger partial charge is 0.497 e. The van der Waals surface area contributed by atoms with Crippen molar-refractivity contribution in [1.29, 1.82) is 0 Å². The molecule has 0 spiro atoms. The van der Waals surface area contributed by atoms with Crippen LogP contribution >= 0.6 is 0 Å². The van der Waals surface area contributed by atoms with Crippen molar-refractivity contribution in [3.63, 3.8) is 0 Å². The number of methoxy groups -OCH3 is 2. The van der Waals surface area contributed by atoms with Crippen molar-refractivity contribution >= 4 is 12.0 Å². The fourth-order valence-electron chi connectivity index (χ4n) is 5.58. The molecule has 7 nitrogen and oxygen atoms in total. The highest BCUT2D eigenvalue weighted by Gasteiger charge is 2.50. The monoisotopic (exact) mass is 494 g/mol. The van der Waals surface area contributed by atoms with E-state index in [-0.39, 0.29) is 29.4 Å². The molecule has 0 saturated carbocycles. The van der Waals surface area contributed by atoms with Crippen molar-refractivity contribution in [2.45, 2.75) is 71.1 Å². The molecule has 2 aromatic carbocycles. The maximum Gasteiger partial charge on any atom is 0.410 e. The fourth-order valence-corrected chi connectivity index (χ4v) is 5.58. The average Bonchev–Trinajstić information content (AvgIpc) is 2.83. The lowest BCUT2D eigenvalue weighted by atomic mass is 9.59. The minimum Gasteiger partial charge on any atom is -0.497 e. The molecule has 1 N–H and O–H groups in total. The standard InChI is InChI=1S/C29H38N2O5/c1-18-24-15-19-8-9-20(26(32)30-17-21-10-11-22(34-6)16-25(21)35-7)14-23(19)29(18,5)12-13-31(24)27(33)36-28(2,3)4/h8-11,14,16,18,24H,12-13,15,17H2,1-7H3,(H,30,32)/t18-,24+,29?/m0/s1. The SMILES string of the molecule is COc1ccc(CNC(=O)c2ccc3c(c2)C2(C)CCN(C(=O)OC(C)(C)C)[C@H](C3)[C@@H]2C)c(OC)c1. The topological polar surface area (TPSA) is 77.1 Å². The minimum absolute atomic E-state index is 0.0771. The normalized spacial score (nSPS) is 22.9. The second kappa shape index (κ2) is 9.68. The van der Waals surface area contributed by atoms with Crippen LogP contribution in [-0.4, -0.2) is 49.3 Å². The predicted molar refractivity (Wildman–Crippen MR) is 139 cm³/mol. The molecular formula is C29H38N2O5. The van der Waals surface area contributed by atoms with Gasteiger partial charge in [0.15, 0.2) is 0 Å². The Morgan fingerprint density at radius 3 is 2.53 bits per heavy atom. The number of carbonyl (C=O) groups is 2. The van der Waals surface area contributed by atoms with E-state index in [1.54, 1.807) is 14.2 Å². The van der Waals surface area contributed by atoms with E-state index in [0.29, 0.717) is 30.2 Å². The maximum absolute atomic E-state index is 13.1. The molecule has 7 heteroatoms. The summed E-state index contributed by atoms with van der Waals surface area (Å²) in [6.45, 7) is 11.2. The highest BCUT2D eigenvalue weighted by molar-refractivity contribution is 5.94. The van der Waals surface area contributed by atoms with E-state index in [2.05, 4.69) is 19.2 Å². The lowest BCUT2D eigenvalue weighted by Gasteiger charge is -2.54. The van der Waals surface area contributed by atoms with Gasteiger partial charge in [0, 0.05) is 36.3 Å². The van der Waals surface area contributed by atoms with Crippen LogP contribution in [0.2, 0.25) is 0 Å². The molecule has 0 aromatic heterocycles. The van der Waals surface area contributed by atoms with Gasteiger partial charge in [0.2, 0.25) is 0 Å². The molecule has 1 aliphatic carbocycles. The first-order valence-corrected chi connectivity index (χ1v) is 12.6. The van der Waals surface area contributed by atoms with Crippen LogP contribution in [0.5, 0.6) is 11.5 Å². The van der Waals surface area contributed by atoms with E-state index in [1.807, 2.05) is 62.1 Å². The Labute approximate surface area is 214 Å². The first-order chi connectivity index (χ1) is 17.0. The first-order valence-electron chi connectivity index (χ1n) is 12.6. The van der Waals surface area contributed by atoms with Crippen LogP contribution in [0.15, 0.2) is 36.4 Å². The van der Waals surface area contributed by atoms with Crippen LogP contribution in [0, 0.1) is 5.92 Å². The van der Waals surface area contributed by atoms with Gasteiger partial charge in [0.05, 0.1) is 14.2 Å². The number of ether oxygens (including phenoxy) is 3. The van der Waals surface area contributed by atoms with E-state index in [1.165, 1.54) is 11.1 Å². The summed E-state index contributed by atoms with van der Waals surface area (Å²) in [5.41, 5.74) is 3.29. The maximum atomic E-state index is 13.1. The molecule has 3 atom stereocenters. The summed E-state index contributed by atoms with van der Waals surface area (Å²) >= 11 is 0. The van der Waals surface area contributed by atoms with Gasteiger partial charge in [0.1, 0.15) is 17.1 Å². The van der Waals surface area contributed by atoms with Gasteiger partial charge >= 0.3 is 6.09 Å². The lowest BCUT2D eigenvalue weighted by Crippen LogP contribution is -2.60. The van der Waals surface area contributed by atoms with Gasteiger partial charge in [-0.05, 0) is 80.3 Å². The Bertz CT molecular complexity index is 1150. The quantitative estimate of drug-likeness (QED) is 0.626. The molecule has 0 radical (unpaired) electrons. The van der Waals surface area contributed by atoms with Crippen molar-refractivity contribution in [3.05, 3.63) is 58.7 Å². The third kappa shape index (κ3) is 4.88. The number of rotatable bonds is 5. The van der Waals surface area contributed by atoms with Crippen LogP contribution in [0.4, 0.5) is 4.79 Å². The van der Waals surface area contributed by atoms with Gasteiger partial charge < -0.3 is 24.4 Å². The summed E-state index contributed by atoms with van der Waals surface area (Å²) in [6, 6.07) is 11.6. The fraction of sp³-hybridized carbons (Fsp3) is 0.517. The number of carbonyl (C=O) groups excluding carboxylic acids is 2. The molecule has 1 aliphatic heterocycles. The summed E-state index contributed by atoms with van der Waals surface area (Å²) in [5.74, 6) is 1.49. The number of hydrogen-bond donors (Lipinski definition) is 1. The highest BCUT2D eigenvalue weighted by atomic mass is 16.6. The zero-order chi connectivity index (χ0) is 26.3. The average molecular weight is 495 g/mol. The second-order valence-electron chi connectivity index (χ2n) is 11.1. The third-order valence-corrected chi connectivity index (χ3v) is 7.83. The number of piperidine rings is 1. The molecule has 2 amide bonds. The molecule has 1 fully saturated rings. The van der Waals surface area contributed by atoms with Crippen molar-refractivity contribution < 1.29 is 23.8 Å². The van der Waals surface area contributed by atoms with Crippen molar-refractivity contribution in [3.8, 4) is 11.5 Å².